The maximum absolute atomic E-state index is 13.5. The molecular formula is C17H16FN3O4. The molecule has 7 nitrogen and oxygen atoms in total. The Labute approximate surface area is 143 Å². The number of anilines is 1. The summed E-state index contributed by atoms with van der Waals surface area (Å²) >= 11 is 0. The minimum atomic E-state index is -0.931. The van der Waals surface area contributed by atoms with Crippen LogP contribution in [0.25, 0.3) is 0 Å². The number of nitro benzene ring substituents is 1. The van der Waals surface area contributed by atoms with Crippen LogP contribution in [0.1, 0.15) is 18.1 Å². The summed E-state index contributed by atoms with van der Waals surface area (Å²) in [5.74, 6) is -0.922. The van der Waals surface area contributed by atoms with Crippen LogP contribution >= 0.6 is 0 Å². The first-order chi connectivity index (χ1) is 11.9. The van der Waals surface area contributed by atoms with Gasteiger partial charge in [-0.2, -0.15) is 0 Å². The molecule has 0 saturated heterocycles. The topological polar surface area (TPSA) is 93.8 Å². The van der Waals surface area contributed by atoms with Crippen LogP contribution in [0.4, 0.5) is 15.8 Å². The molecule has 0 spiro atoms. The Balaban J connectivity index is 1.93. The van der Waals surface area contributed by atoms with E-state index in [0.717, 1.165) is 0 Å². The summed E-state index contributed by atoms with van der Waals surface area (Å²) in [6.45, 7) is 3.10. The Bertz CT molecular complexity index is 823. The summed E-state index contributed by atoms with van der Waals surface area (Å²) in [4.78, 5) is 27.2. The number of nitro groups is 1. The molecule has 2 aromatic rings. The highest BCUT2D eigenvalue weighted by Gasteiger charge is 2.14. The molecule has 0 aliphatic heterocycles. The van der Waals surface area contributed by atoms with Crippen molar-refractivity contribution in [2.75, 3.05) is 5.32 Å². The summed E-state index contributed by atoms with van der Waals surface area (Å²) in [6, 6.07) is 10.2. The van der Waals surface area contributed by atoms with Gasteiger partial charge < -0.3 is 10.2 Å². The van der Waals surface area contributed by atoms with Crippen molar-refractivity contribution in [3.8, 4) is 0 Å². The number of amides is 1. The van der Waals surface area contributed by atoms with E-state index in [1.165, 1.54) is 37.4 Å². The van der Waals surface area contributed by atoms with Crippen LogP contribution in [-0.4, -0.2) is 23.1 Å². The smallest absolute Gasteiger partial charge is 0.270 e. The lowest BCUT2D eigenvalue weighted by Crippen LogP contribution is -2.26. The second-order valence-corrected chi connectivity index (χ2v) is 5.29. The SMILES string of the molecule is Cc1ccc(NC(=O)C(C)O/N=C/c2cccc([N+](=O)[O-])c2)cc1F. The lowest BCUT2D eigenvalue weighted by atomic mass is 10.2. The van der Waals surface area contributed by atoms with Crippen molar-refractivity contribution in [3.63, 3.8) is 0 Å². The normalized spacial score (nSPS) is 12.0. The van der Waals surface area contributed by atoms with Gasteiger partial charge in [0, 0.05) is 23.4 Å². The van der Waals surface area contributed by atoms with Crippen LogP contribution < -0.4 is 5.32 Å². The Morgan fingerprint density at radius 2 is 2.12 bits per heavy atom. The fourth-order valence-corrected chi connectivity index (χ4v) is 1.86. The van der Waals surface area contributed by atoms with Crippen LogP contribution in [0, 0.1) is 22.9 Å². The second kappa shape index (κ2) is 8.00. The summed E-state index contributed by atoms with van der Waals surface area (Å²) in [7, 11) is 0. The number of carbonyl (C=O) groups excluding carboxylic acids is 1. The van der Waals surface area contributed by atoms with Gasteiger partial charge in [0.1, 0.15) is 5.82 Å². The molecular weight excluding hydrogens is 329 g/mol. The molecule has 130 valence electrons. The molecule has 2 rings (SSSR count). The molecule has 25 heavy (non-hydrogen) atoms. The zero-order chi connectivity index (χ0) is 18.4. The Morgan fingerprint density at radius 1 is 1.36 bits per heavy atom. The van der Waals surface area contributed by atoms with E-state index >= 15 is 0 Å². The Morgan fingerprint density at radius 3 is 2.80 bits per heavy atom. The van der Waals surface area contributed by atoms with Gasteiger partial charge >= 0.3 is 0 Å². The summed E-state index contributed by atoms with van der Waals surface area (Å²) in [5, 5.41) is 16.9. The van der Waals surface area contributed by atoms with Crippen LogP contribution in [0.3, 0.4) is 0 Å². The summed E-state index contributed by atoms with van der Waals surface area (Å²) < 4.78 is 13.5. The van der Waals surface area contributed by atoms with Gasteiger partial charge in [0.05, 0.1) is 11.1 Å². The number of hydrogen-bond acceptors (Lipinski definition) is 5. The lowest BCUT2D eigenvalue weighted by Gasteiger charge is -2.11. The van der Waals surface area contributed by atoms with Gasteiger partial charge in [0.25, 0.3) is 11.6 Å². The number of hydrogen-bond donors (Lipinski definition) is 1. The molecule has 0 saturated carbocycles. The number of non-ortho nitro benzene ring substituents is 1. The van der Waals surface area contributed by atoms with Gasteiger partial charge in [-0.1, -0.05) is 23.4 Å². The maximum Gasteiger partial charge on any atom is 0.270 e. The number of carbonyl (C=O) groups is 1. The van der Waals surface area contributed by atoms with Crippen molar-refractivity contribution in [2.24, 2.45) is 5.16 Å². The van der Waals surface area contributed by atoms with E-state index in [9.17, 15) is 19.3 Å². The molecule has 1 N–H and O–H groups in total. The van der Waals surface area contributed by atoms with Crippen molar-refractivity contribution < 1.29 is 18.9 Å². The highest BCUT2D eigenvalue weighted by atomic mass is 19.1. The molecule has 0 aliphatic carbocycles. The van der Waals surface area contributed by atoms with Gasteiger partial charge in [0.15, 0.2) is 0 Å². The minimum Gasteiger partial charge on any atom is -0.383 e. The van der Waals surface area contributed by atoms with Crippen molar-refractivity contribution in [3.05, 3.63) is 69.5 Å². The van der Waals surface area contributed by atoms with Crippen LogP contribution in [0.15, 0.2) is 47.6 Å². The standard InChI is InChI=1S/C17H16FN3O4/c1-11-6-7-14(9-16(11)18)20-17(22)12(2)25-19-10-13-4-3-5-15(8-13)21(23)24/h3-10,12H,1-2H3,(H,20,22)/b19-10+. The third-order valence-corrected chi connectivity index (χ3v) is 3.31. The fraction of sp³-hybridized carbons (Fsp3) is 0.176. The zero-order valence-corrected chi connectivity index (χ0v) is 13.6. The molecule has 2 aromatic carbocycles. The predicted octanol–water partition coefficient (Wildman–Crippen LogP) is 3.42. The van der Waals surface area contributed by atoms with Gasteiger partial charge in [-0.25, -0.2) is 4.39 Å². The first-order valence-electron chi connectivity index (χ1n) is 7.37. The van der Waals surface area contributed by atoms with E-state index < -0.39 is 22.8 Å². The van der Waals surface area contributed by atoms with Gasteiger partial charge in [-0.15, -0.1) is 0 Å². The lowest BCUT2D eigenvalue weighted by molar-refractivity contribution is -0.384. The first-order valence-corrected chi connectivity index (χ1v) is 7.37. The van der Waals surface area contributed by atoms with E-state index in [4.69, 9.17) is 4.84 Å². The van der Waals surface area contributed by atoms with Crippen molar-refractivity contribution in [1.82, 2.24) is 0 Å². The van der Waals surface area contributed by atoms with Gasteiger partial charge in [0.2, 0.25) is 6.10 Å². The van der Waals surface area contributed by atoms with Crippen LogP contribution in [0.2, 0.25) is 0 Å². The predicted molar refractivity (Wildman–Crippen MR) is 91.0 cm³/mol. The fourth-order valence-electron chi connectivity index (χ4n) is 1.86. The molecule has 0 aromatic heterocycles. The molecule has 0 bridgehead atoms. The molecule has 0 radical (unpaired) electrons. The van der Waals surface area contributed by atoms with E-state index in [-0.39, 0.29) is 5.69 Å². The molecule has 1 amide bonds. The van der Waals surface area contributed by atoms with Crippen molar-refractivity contribution >= 4 is 23.5 Å². The van der Waals surface area contributed by atoms with Crippen LogP contribution in [-0.2, 0) is 9.63 Å². The van der Waals surface area contributed by atoms with E-state index in [0.29, 0.717) is 16.8 Å². The Hall–Kier alpha value is -3.29. The third kappa shape index (κ3) is 5.10. The highest BCUT2D eigenvalue weighted by Crippen LogP contribution is 2.14. The van der Waals surface area contributed by atoms with E-state index in [1.54, 1.807) is 25.1 Å². The van der Waals surface area contributed by atoms with E-state index in [2.05, 4.69) is 10.5 Å². The summed E-state index contributed by atoms with van der Waals surface area (Å²) in [6.07, 6.45) is 0.335. The number of aryl methyl sites for hydroxylation is 1. The van der Waals surface area contributed by atoms with Crippen molar-refractivity contribution in [1.29, 1.82) is 0 Å². The molecule has 0 fully saturated rings. The first kappa shape index (κ1) is 18.1. The average Bonchev–Trinajstić information content (AvgIpc) is 2.58. The maximum atomic E-state index is 13.5. The quantitative estimate of drug-likeness (QED) is 0.493. The van der Waals surface area contributed by atoms with Gasteiger partial charge in [-0.05, 0) is 31.5 Å². The minimum absolute atomic E-state index is 0.0730. The number of benzene rings is 2. The molecule has 1 unspecified atom stereocenters. The monoisotopic (exact) mass is 345 g/mol. The number of rotatable bonds is 6. The number of nitrogens with one attached hydrogen (secondary N) is 1. The third-order valence-electron chi connectivity index (χ3n) is 3.31. The average molecular weight is 345 g/mol. The number of halogens is 1. The largest absolute Gasteiger partial charge is 0.383 e. The second-order valence-electron chi connectivity index (χ2n) is 5.29. The number of nitrogens with zero attached hydrogens (tertiary/aromatic N) is 2. The summed E-state index contributed by atoms with van der Waals surface area (Å²) in [5.41, 5.74) is 1.17. The van der Waals surface area contributed by atoms with Gasteiger partial charge in [-0.3, -0.25) is 14.9 Å². The number of oxime groups is 1. The highest BCUT2D eigenvalue weighted by molar-refractivity contribution is 5.94. The van der Waals surface area contributed by atoms with Crippen molar-refractivity contribution in [2.45, 2.75) is 20.0 Å². The molecule has 1 atom stereocenters. The zero-order valence-electron chi connectivity index (χ0n) is 13.6. The molecule has 8 heteroatoms. The molecule has 0 aliphatic rings. The van der Waals surface area contributed by atoms with E-state index in [1.807, 2.05) is 0 Å². The Kier molecular flexibility index (Phi) is 5.78. The van der Waals surface area contributed by atoms with Crippen LogP contribution in [0.5, 0.6) is 0 Å². The molecule has 0 heterocycles.